The smallest absolute Gasteiger partial charge is 0.150 e. The van der Waals surface area contributed by atoms with Gasteiger partial charge < -0.3 is 10.8 Å². The predicted octanol–water partition coefficient (Wildman–Crippen LogP) is 2.42. The Morgan fingerprint density at radius 1 is 1.62 bits per heavy atom. The van der Waals surface area contributed by atoms with Crippen molar-refractivity contribution in [2.24, 2.45) is 5.73 Å². The first kappa shape index (κ1) is 14.0. The highest BCUT2D eigenvalue weighted by atomic mass is 32.2. The number of rotatable bonds is 7. The number of thioether (sulfide) groups is 1. The Hall–Kier alpha value is -0.100. The molecule has 0 amide bonds. The van der Waals surface area contributed by atoms with Gasteiger partial charge in [0.25, 0.3) is 0 Å². The number of hydrogen-bond donors (Lipinski definition) is 2. The topological polar surface area (TPSA) is 59.1 Å². The zero-order valence-corrected chi connectivity index (χ0v) is 11.5. The summed E-state index contributed by atoms with van der Waals surface area (Å²) in [5.74, 6) is 1.02. The van der Waals surface area contributed by atoms with Crippen LogP contribution in [0.4, 0.5) is 0 Å². The molecule has 3 N–H and O–H groups in total. The SMILES string of the molecule is CCC(N)(CO)CCCSc1nc(C)cs1. The molecule has 0 saturated carbocycles. The molecule has 0 saturated heterocycles. The van der Waals surface area contributed by atoms with E-state index in [4.69, 9.17) is 10.8 Å². The van der Waals surface area contributed by atoms with Crippen LogP contribution in [0.25, 0.3) is 0 Å². The quantitative estimate of drug-likeness (QED) is 0.584. The first-order chi connectivity index (χ1) is 7.59. The second-order valence-corrected chi connectivity index (χ2v) is 6.28. The summed E-state index contributed by atoms with van der Waals surface area (Å²) in [4.78, 5) is 4.39. The van der Waals surface area contributed by atoms with Crippen LogP contribution in [0.3, 0.4) is 0 Å². The van der Waals surface area contributed by atoms with Gasteiger partial charge in [0.2, 0.25) is 0 Å². The third-order valence-electron chi connectivity index (χ3n) is 2.66. The lowest BCUT2D eigenvalue weighted by atomic mass is 9.93. The molecular weight excluding hydrogens is 240 g/mol. The van der Waals surface area contributed by atoms with Gasteiger partial charge in [-0.2, -0.15) is 0 Å². The lowest BCUT2D eigenvalue weighted by Gasteiger charge is -2.25. The first-order valence-corrected chi connectivity index (χ1v) is 7.41. The van der Waals surface area contributed by atoms with Crippen LogP contribution in [-0.2, 0) is 0 Å². The second kappa shape index (κ2) is 6.59. The van der Waals surface area contributed by atoms with E-state index < -0.39 is 0 Å². The minimum absolute atomic E-state index is 0.0739. The van der Waals surface area contributed by atoms with E-state index in [0.717, 1.165) is 35.0 Å². The van der Waals surface area contributed by atoms with Crippen molar-refractivity contribution in [1.29, 1.82) is 0 Å². The average molecular weight is 260 g/mol. The number of hydrogen-bond acceptors (Lipinski definition) is 5. The van der Waals surface area contributed by atoms with Crippen LogP contribution in [-0.4, -0.2) is 28.0 Å². The molecule has 0 radical (unpaired) electrons. The van der Waals surface area contributed by atoms with Crippen LogP contribution >= 0.6 is 23.1 Å². The van der Waals surface area contributed by atoms with Crippen LogP contribution in [0.15, 0.2) is 9.72 Å². The second-order valence-electron chi connectivity index (χ2n) is 4.08. The summed E-state index contributed by atoms with van der Waals surface area (Å²) < 4.78 is 1.13. The van der Waals surface area contributed by atoms with Crippen LogP contribution in [0, 0.1) is 6.92 Å². The number of aliphatic hydroxyl groups is 1. The largest absolute Gasteiger partial charge is 0.394 e. The fourth-order valence-electron chi connectivity index (χ4n) is 1.35. The molecular formula is C11H20N2OS2. The lowest BCUT2D eigenvalue weighted by Crippen LogP contribution is -2.42. The Morgan fingerprint density at radius 3 is 2.88 bits per heavy atom. The van der Waals surface area contributed by atoms with E-state index in [1.165, 1.54) is 0 Å². The zero-order chi connectivity index (χ0) is 12.0. The van der Waals surface area contributed by atoms with E-state index in [9.17, 15) is 0 Å². The predicted molar refractivity (Wildman–Crippen MR) is 71.1 cm³/mol. The highest BCUT2D eigenvalue weighted by Crippen LogP contribution is 2.24. The number of nitrogens with two attached hydrogens (primary N) is 1. The van der Waals surface area contributed by atoms with Gasteiger partial charge in [0.1, 0.15) is 4.34 Å². The number of nitrogens with zero attached hydrogens (tertiary/aromatic N) is 1. The van der Waals surface area contributed by atoms with Crippen LogP contribution in [0.2, 0.25) is 0 Å². The molecule has 1 rings (SSSR count). The van der Waals surface area contributed by atoms with Crippen LogP contribution < -0.4 is 5.73 Å². The van der Waals surface area contributed by atoms with Gasteiger partial charge in [-0.15, -0.1) is 11.3 Å². The maximum absolute atomic E-state index is 9.16. The van der Waals surface area contributed by atoms with Crippen molar-refractivity contribution in [2.45, 2.75) is 43.0 Å². The molecule has 0 aliphatic carbocycles. The van der Waals surface area contributed by atoms with Crippen molar-refractivity contribution in [3.63, 3.8) is 0 Å². The maximum Gasteiger partial charge on any atom is 0.150 e. The number of aryl methyl sites for hydroxylation is 1. The van der Waals surface area contributed by atoms with E-state index in [-0.39, 0.29) is 12.1 Å². The summed E-state index contributed by atoms with van der Waals surface area (Å²) in [5.41, 5.74) is 6.71. The molecule has 16 heavy (non-hydrogen) atoms. The van der Waals surface area contributed by atoms with Crippen LogP contribution in [0.5, 0.6) is 0 Å². The molecule has 3 nitrogen and oxygen atoms in total. The molecule has 5 heteroatoms. The molecule has 0 aliphatic heterocycles. The van der Waals surface area contributed by atoms with Gasteiger partial charge in [-0.05, 0) is 26.2 Å². The fraction of sp³-hybridized carbons (Fsp3) is 0.727. The minimum atomic E-state index is -0.390. The Balaban J connectivity index is 2.21. The maximum atomic E-state index is 9.16. The molecule has 0 spiro atoms. The van der Waals surface area contributed by atoms with Gasteiger partial charge in [-0.1, -0.05) is 18.7 Å². The lowest BCUT2D eigenvalue weighted by molar-refractivity contribution is 0.182. The Labute approximate surface area is 105 Å². The van der Waals surface area contributed by atoms with E-state index in [2.05, 4.69) is 10.4 Å². The summed E-state index contributed by atoms with van der Waals surface area (Å²) in [6.45, 7) is 4.10. The van der Waals surface area contributed by atoms with E-state index in [1.54, 1.807) is 23.1 Å². The van der Waals surface area contributed by atoms with Crippen molar-refractivity contribution in [3.05, 3.63) is 11.1 Å². The standard InChI is InChI=1S/C11H20N2OS2/c1-3-11(12,8-14)5-4-6-15-10-13-9(2)7-16-10/h7,14H,3-6,8,12H2,1-2H3. The summed E-state index contributed by atoms with van der Waals surface area (Å²) in [7, 11) is 0. The monoisotopic (exact) mass is 260 g/mol. The molecule has 1 atom stereocenters. The van der Waals surface area contributed by atoms with Gasteiger partial charge in [0, 0.05) is 22.4 Å². The minimum Gasteiger partial charge on any atom is -0.394 e. The van der Waals surface area contributed by atoms with Gasteiger partial charge in [-0.3, -0.25) is 0 Å². The number of aromatic nitrogens is 1. The van der Waals surface area contributed by atoms with E-state index in [1.807, 2.05) is 13.8 Å². The van der Waals surface area contributed by atoms with Crippen molar-refractivity contribution in [1.82, 2.24) is 4.98 Å². The van der Waals surface area contributed by atoms with Gasteiger partial charge in [0.15, 0.2) is 0 Å². The molecule has 0 aliphatic rings. The van der Waals surface area contributed by atoms with E-state index >= 15 is 0 Å². The van der Waals surface area contributed by atoms with Crippen LogP contribution in [0.1, 0.15) is 31.9 Å². The summed E-state index contributed by atoms with van der Waals surface area (Å²) in [5, 5.41) is 11.2. The summed E-state index contributed by atoms with van der Waals surface area (Å²) in [6.07, 6.45) is 2.72. The normalized spacial score (nSPS) is 15.0. The van der Waals surface area contributed by atoms with Gasteiger partial charge in [0.05, 0.1) is 6.61 Å². The molecule has 0 aromatic carbocycles. The molecule has 1 unspecified atom stereocenters. The highest BCUT2D eigenvalue weighted by molar-refractivity contribution is 8.00. The summed E-state index contributed by atoms with van der Waals surface area (Å²) in [6, 6.07) is 0. The fourth-order valence-corrected chi connectivity index (χ4v) is 3.21. The van der Waals surface area contributed by atoms with Crippen molar-refractivity contribution >= 4 is 23.1 Å². The average Bonchev–Trinajstić information content (AvgIpc) is 2.70. The van der Waals surface area contributed by atoms with Gasteiger partial charge >= 0.3 is 0 Å². The Bertz CT molecular complexity index is 311. The molecule has 0 bridgehead atoms. The first-order valence-electron chi connectivity index (χ1n) is 5.54. The molecule has 0 fully saturated rings. The van der Waals surface area contributed by atoms with Gasteiger partial charge in [-0.25, -0.2) is 4.98 Å². The molecule has 1 aromatic rings. The third-order valence-corrected chi connectivity index (χ3v) is 4.89. The van der Waals surface area contributed by atoms with E-state index in [0.29, 0.717) is 0 Å². The van der Waals surface area contributed by atoms with Crippen molar-refractivity contribution < 1.29 is 5.11 Å². The molecule has 92 valence electrons. The molecule has 1 aromatic heterocycles. The number of thiazole rings is 1. The Morgan fingerprint density at radius 2 is 2.38 bits per heavy atom. The van der Waals surface area contributed by atoms with Crippen molar-refractivity contribution in [2.75, 3.05) is 12.4 Å². The number of aliphatic hydroxyl groups excluding tert-OH is 1. The Kier molecular flexibility index (Phi) is 5.75. The highest BCUT2D eigenvalue weighted by Gasteiger charge is 2.20. The third kappa shape index (κ3) is 4.41. The van der Waals surface area contributed by atoms with Crippen molar-refractivity contribution in [3.8, 4) is 0 Å². The zero-order valence-electron chi connectivity index (χ0n) is 9.90. The summed E-state index contributed by atoms with van der Waals surface area (Å²) >= 11 is 3.46. The molecule has 1 heterocycles.